The zero-order valence-corrected chi connectivity index (χ0v) is 12.3. The molecule has 96 valence electrons. The van der Waals surface area contributed by atoms with Crippen molar-refractivity contribution >= 4 is 44.8 Å². The maximum atomic E-state index is 13.1. The quantitative estimate of drug-likeness (QED) is 0.634. The van der Waals surface area contributed by atoms with Gasteiger partial charge < -0.3 is 0 Å². The van der Waals surface area contributed by atoms with Gasteiger partial charge in [0, 0.05) is 17.3 Å². The second-order valence-electron chi connectivity index (χ2n) is 3.85. The molecule has 0 spiro atoms. The predicted octanol–water partition coefficient (Wildman–Crippen LogP) is 4.60. The Morgan fingerprint density at radius 1 is 1.16 bits per heavy atom. The third-order valence-corrected chi connectivity index (χ3v) is 3.45. The van der Waals surface area contributed by atoms with Gasteiger partial charge >= 0.3 is 0 Å². The van der Waals surface area contributed by atoms with Gasteiger partial charge in [-0.1, -0.05) is 23.2 Å². The summed E-state index contributed by atoms with van der Waals surface area (Å²) in [5, 5.41) is 4.91. The van der Waals surface area contributed by atoms with Gasteiger partial charge in [0.2, 0.25) is 4.73 Å². The zero-order chi connectivity index (χ0) is 13.6. The third-order valence-electron chi connectivity index (χ3n) is 2.60. The van der Waals surface area contributed by atoms with Gasteiger partial charge in [-0.2, -0.15) is 0 Å². The fourth-order valence-corrected chi connectivity index (χ4v) is 2.64. The van der Waals surface area contributed by atoms with Gasteiger partial charge in [0.15, 0.2) is 5.65 Å². The van der Waals surface area contributed by atoms with E-state index in [9.17, 15) is 4.39 Å². The van der Waals surface area contributed by atoms with Crippen LogP contribution in [0.25, 0.3) is 16.8 Å². The van der Waals surface area contributed by atoms with Gasteiger partial charge in [-0.25, -0.2) is 13.9 Å². The molecule has 0 aliphatic heterocycles. The summed E-state index contributed by atoms with van der Waals surface area (Å²) in [5.74, 6) is -0.394. The smallest absolute Gasteiger partial charge is 0.218 e. The number of hydrogen-bond donors (Lipinski definition) is 0. The molecule has 0 aliphatic carbocycles. The van der Waals surface area contributed by atoms with E-state index in [2.05, 4.69) is 26.0 Å². The minimum absolute atomic E-state index is 0.295. The molecule has 0 aliphatic rings. The predicted molar refractivity (Wildman–Crippen MR) is 76.1 cm³/mol. The molecule has 2 aromatic heterocycles. The van der Waals surface area contributed by atoms with E-state index in [1.165, 1.54) is 12.1 Å². The Kier molecular flexibility index (Phi) is 3.20. The topological polar surface area (TPSA) is 30.2 Å². The van der Waals surface area contributed by atoms with E-state index in [0.29, 0.717) is 31.6 Å². The Labute approximate surface area is 126 Å². The van der Waals surface area contributed by atoms with E-state index < -0.39 is 5.82 Å². The van der Waals surface area contributed by atoms with Crippen LogP contribution < -0.4 is 0 Å². The lowest BCUT2D eigenvalue weighted by Gasteiger charge is -2.06. The van der Waals surface area contributed by atoms with Crippen molar-refractivity contribution in [3.8, 4) is 11.1 Å². The highest BCUT2D eigenvalue weighted by atomic mass is 79.9. The molecule has 19 heavy (non-hydrogen) atoms. The van der Waals surface area contributed by atoms with Crippen LogP contribution >= 0.6 is 39.1 Å². The first-order valence-corrected chi connectivity index (χ1v) is 6.76. The van der Waals surface area contributed by atoms with E-state index >= 15 is 0 Å². The number of fused-ring (bicyclic) bond motifs is 1. The summed E-state index contributed by atoms with van der Waals surface area (Å²) in [6, 6.07) is 5.90. The monoisotopic (exact) mass is 359 g/mol. The van der Waals surface area contributed by atoms with E-state index in [4.69, 9.17) is 23.2 Å². The molecule has 0 amide bonds. The number of aromatic nitrogens is 3. The average Bonchev–Trinajstić information content (AvgIpc) is 2.68. The van der Waals surface area contributed by atoms with Crippen LogP contribution in [0.15, 0.2) is 35.2 Å². The molecule has 0 fully saturated rings. The SMILES string of the molecule is Fc1ccc(-c2cc(Cl)cn3nc(Br)nc23)c(Cl)c1. The summed E-state index contributed by atoms with van der Waals surface area (Å²) in [6.45, 7) is 0. The molecule has 0 atom stereocenters. The molecule has 2 heterocycles. The zero-order valence-electron chi connectivity index (χ0n) is 9.24. The normalized spacial score (nSPS) is 11.2. The van der Waals surface area contributed by atoms with E-state index in [1.807, 2.05) is 0 Å². The molecule has 0 radical (unpaired) electrons. The van der Waals surface area contributed by atoms with Crippen LogP contribution in [0.3, 0.4) is 0 Å². The highest BCUT2D eigenvalue weighted by Gasteiger charge is 2.13. The summed E-state index contributed by atoms with van der Waals surface area (Å²) >= 11 is 15.3. The number of halogens is 4. The first kappa shape index (κ1) is 12.8. The van der Waals surface area contributed by atoms with Crippen molar-refractivity contribution in [2.24, 2.45) is 0 Å². The van der Waals surface area contributed by atoms with Crippen LogP contribution in [-0.2, 0) is 0 Å². The van der Waals surface area contributed by atoms with Gasteiger partial charge in [0.05, 0.1) is 10.0 Å². The number of benzene rings is 1. The average molecular weight is 361 g/mol. The van der Waals surface area contributed by atoms with Crippen molar-refractivity contribution in [2.45, 2.75) is 0 Å². The Morgan fingerprint density at radius 3 is 2.68 bits per heavy atom. The van der Waals surface area contributed by atoms with Crippen LogP contribution in [-0.4, -0.2) is 14.6 Å². The maximum Gasteiger partial charge on any atom is 0.218 e. The molecule has 0 unspecified atom stereocenters. The first-order valence-electron chi connectivity index (χ1n) is 5.21. The minimum atomic E-state index is -0.394. The van der Waals surface area contributed by atoms with E-state index in [-0.39, 0.29) is 0 Å². The summed E-state index contributed by atoms with van der Waals surface area (Å²) in [6.07, 6.45) is 1.63. The van der Waals surface area contributed by atoms with Crippen LogP contribution in [0.5, 0.6) is 0 Å². The van der Waals surface area contributed by atoms with Crippen molar-refractivity contribution in [1.82, 2.24) is 14.6 Å². The van der Waals surface area contributed by atoms with Gasteiger partial charge in [-0.3, -0.25) is 0 Å². The van der Waals surface area contributed by atoms with Crippen LogP contribution in [0.1, 0.15) is 0 Å². The lowest BCUT2D eigenvalue weighted by molar-refractivity contribution is 0.628. The number of hydrogen-bond acceptors (Lipinski definition) is 2. The summed E-state index contributed by atoms with van der Waals surface area (Å²) in [4.78, 5) is 4.25. The molecule has 3 nitrogen and oxygen atoms in total. The van der Waals surface area contributed by atoms with Gasteiger partial charge in [0.25, 0.3) is 0 Å². The van der Waals surface area contributed by atoms with Gasteiger partial charge in [0.1, 0.15) is 5.82 Å². The molecule has 0 saturated heterocycles. The summed E-state index contributed by atoms with van der Waals surface area (Å²) in [5.41, 5.74) is 1.93. The fraction of sp³-hybridized carbons (Fsp3) is 0. The van der Waals surface area contributed by atoms with Crippen LogP contribution in [0.2, 0.25) is 10.0 Å². The van der Waals surface area contributed by atoms with Crippen molar-refractivity contribution in [3.05, 3.63) is 51.1 Å². The van der Waals surface area contributed by atoms with Crippen molar-refractivity contribution < 1.29 is 4.39 Å². The molecular formula is C12H5BrCl2FN3. The second-order valence-corrected chi connectivity index (χ2v) is 5.40. The minimum Gasteiger partial charge on any atom is -0.218 e. The van der Waals surface area contributed by atoms with Gasteiger partial charge in [-0.15, -0.1) is 5.10 Å². The van der Waals surface area contributed by atoms with Gasteiger partial charge in [-0.05, 0) is 40.2 Å². The van der Waals surface area contributed by atoms with Crippen LogP contribution in [0.4, 0.5) is 4.39 Å². The van der Waals surface area contributed by atoms with Crippen molar-refractivity contribution in [2.75, 3.05) is 0 Å². The summed E-state index contributed by atoms with van der Waals surface area (Å²) < 4.78 is 15.1. The fourth-order valence-electron chi connectivity index (χ4n) is 1.83. The van der Waals surface area contributed by atoms with E-state index in [0.717, 1.165) is 0 Å². The highest BCUT2D eigenvalue weighted by molar-refractivity contribution is 9.10. The lowest BCUT2D eigenvalue weighted by Crippen LogP contribution is -1.91. The Balaban J connectivity index is 2.35. The standard InChI is InChI=1S/C12H5BrCl2FN3/c13-12-17-11-9(3-6(14)5-19(11)18-12)8-2-1-7(16)4-10(8)15/h1-5H. The molecule has 0 N–H and O–H groups in total. The number of rotatable bonds is 1. The molecule has 3 aromatic rings. The maximum absolute atomic E-state index is 13.1. The molecule has 0 bridgehead atoms. The number of nitrogens with zero attached hydrogens (tertiary/aromatic N) is 3. The van der Waals surface area contributed by atoms with Crippen molar-refractivity contribution in [3.63, 3.8) is 0 Å². The Morgan fingerprint density at radius 2 is 1.95 bits per heavy atom. The Hall–Kier alpha value is -1.17. The second kappa shape index (κ2) is 4.74. The molecule has 7 heteroatoms. The van der Waals surface area contributed by atoms with Crippen molar-refractivity contribution in [1.29, 1.82) is 0 Å². The molecule has 3 rings (SSSR count). The van der Waals surface area contributed by atoms with Crippen LogP contribution in [0, 0.1) is 5.82 Å². The molecular weight excluding hydrogens is 356 g/mol. The molecule has 1 aromatic carbocycles. The lowest BCUT2D eigenvalue weighted by atomic mass is 10.1. The van der Waals surface area contributed by atoms with E-state index in [1.54, 1.807) is 22.8 Å². The third kappa shape index (κ3) is 2.33. The summed E-state index contributed by atoms with van der Waals surface area (Å²) in [7, 11) is 0. The largest absolute Gasteiger partial charge is 0.218 e. The number of pyridine rings is 1. The molecule has 0 saturated carbocycles. The highest BCUT2D eigenvalue weighted by Crippen LogP contribution is 2.33. The Bertz CT molecular complexity index is 788. The first-order chi connectivity index (χ1) is 9.04.